The Balaban J connectivity index is 1.21. The van der Waals surface area contributed by atoms with Crippen molar-refractivity contribution in [2.45, 2.75) is 51.7 Å². The lowest BCUT2D eigenvalue weighted by Crippen LogP contribution is -2.42. The second-order valence-electron chi connectivity index (χ2n) is 9.24. The fraction of sp³-hybridized carbons (Fsp3) is 0.560. The third-order valence-electron chi connectivity index (χ3n) is 6.63. The lowest BCUT2D eigenvalue weighted by molar-refractivity contribution is 0.0885. The van der Waals surface area contributed by atoms with E-state index in [1.807, 2.05) is 26.0 Å². The third kappa shape index (κ3) is 6.17. The van der Waals surface area contributed by atoms with Crippen LogP contribution in [0.4, 0.5) is 5.95 Å². The van der Waals surface area contributed by atoms with E-state index in [2.05, 4.69) is 20.2 Å². The van der Waals surface area contributed by atoms with E-state index in [0.717, 1.165) is 61.6 Å². The molecule has 0 saturated carbocycles. The predicted octanol–water partition coefficient (Wildman–Crippen LogP) is 3.31. The zero-order valence-corrected chi connectivity index (χ0v) is 20.6. The Bertz CT molecular complexity index is 956. The van der Waals surface area contributed by atoms with Crippen molar-refractivity contribution in [2.75, 3.05) is 37.8 Å². The molecule has 0 bridgehead atoms. The molecule has 2 atom stereocenters. The highest BCUT2D eigenvalue weighted by molar-refractivity contribution is 6.30. The Morgan fingerprint density at radius 3 is 2.50 bits per heavy atom. The molecule has 4 rings (SSSR count). The third-order valence-corrected chi connectivity index (χ3v) is 6.82. The molecule has 184 valence electrons. The van der Waals surface area contributed by atoms with Crippen molar-refractivity contribution < 1.29 is 19.4 Å². The molecule has 8 nitrogen and oxygen atoms in total. The van der Waals surface area contributed by atoms with Gasteiger partial charge in [0.1, 0.15) is 5.75 Å². The molecule has 2 aliphatic rings. The van der Waals surface area contributed by atoms with Crippen LogP contribution in [0.25, 0.3) is 0 Å². The van der Waals surface area contributed by atoms with Gasteiger partial charge in [0.05, 0.1) is 49.4 Å². The summed E-state index contributed by atoms with van der Waals surface area (Å²) in [5, 5.41) is 13.3. The molecule has 9 heteroatoms. The second kappa shape index (κ2) is 11.3. The lowest BCUT2D eigenvalue weighted by atomic mass is 9.92. The molecule has 2 N–H and O–H groups in total. The number of ether oxygens (including phenoxy) is 2. The molecule has 2 aromatic rings. The number of rotatable bonds is 8. The van der Waals surface area contributed by atoms with E-state index in [9.17, 15) is 9.90 Å². The minimum absolute atomic E-state index is 0.188. The van der Waals surface area contributed by atoms with Crippen LogP contribution in [0.5, 0.6) is 5.75 Å². The van der Waals surface area contributed by atoms with Crippen molar-refractivity contribution in [3.05, 3.63) is 46.2 Å². The summed E-state index contributed by atoms with van der Waals surface area (Å²) >= 11 is 5.88. The van der Waals surface area contributed by atoms with Gasteiger partial charge in [-0.3, -0.25) is 4.79 Å². The zero-order valence-electron chi connectivity index (χ0n) is 19.8. The molecule has 2 saturated heterocycles. The Kier molecular flexibility index (Phi) is 8.24. The van der Waals surface area contributed by atoms with Gasteiger partial charge in [-0.05, 0) is 68.7 Å². The number of piperidine rings is 1. The van der Waals surface area contributed by atoms with Crippen LogP contribution in [-0.4, -0.2) is 66.0 Å². The van der Waals surface area contributed by atoms with Gasteiger partial charge in [-0.1, -0.05) is 11.6 Å². The van der Waals surface area contributed by atoms with Gasteiger partial charge in [0, 0.05) is 18.7 Å². The van der Waals surface area contributed by atoms with Gasteiger partial charge in [-0.15, -0.1) is 0 Å². The van der Waals surface area contributed by atoms with Crippen LogP contribution in [0, 0.1) is 19.8 Å². The molecular formula is C25H33ClN4O4. The first-order valence-electron chi connectivity index (χ1n) is 11.9. The van der Waals surface area contributed by atoms with Gasteiger partial charge in [-0.2, -0.15) is 0 Å². The van der Waals surface area contributed by atoms with Gasteiger partial charge in [0.15, 0.2) is 0 Å². The fourth-order valence-electron chi connectivity index (χ4n) is 4.74. The zero-order chi connectivity index (χ0) is 24.1. The van der Waals surface area contributed by atoms with Crippen molar-refractivity contribution in [1.29, 1.82) is 0 Å². The average Bonchev–Trinajstić information content (AvgIpc) is 3.21. The van der Waals surface area contributed by atoms with Gasteiger partial charge < -0.3 is 24.8 Å². The topological polar surface area (TPSA) is 96.8 Å². The van der Waals surface area contributed by atoms with Gasteiger partial charge in [-0.25, -0.2) is 9.97 Å². The SMILES string of the molecule is Cc1cc(OCCCC2CCN(c3ncc(Cl)cn3)CC2)cc(C)c1C(=O)N[C@H]1COC[C@@H]1O. The maximum atomic E-state index is 12.7. The number of nitrogens with zero attached hydrogens (tertiary/aromatic N) is 3. The van der Waals surface area contributed by atoms with Crippen molar-refractivity contribution in [1.82, 2.24) is 15.3 Å². The van der Waals surface area contributed by atoms with E-state index in [-0.39, 0.29) is 18.6 Å². The van der Waals surface area contributed by atoms with E-state index in [0.29, 0.717) is 29.7 Å². The number of aryl methyl sites for hydroxylation is 2. The minimum atomic E-state index is -0.662. The summed E-state index contributed by atoms with van der Waals surface area (Å²) in [6.45, 7) is 6.98. The van der Waals surface area contributed by atoms with Gasteiger partial charge in [0.2, 0.25) is 5.95 Å². The summed E-state index contributed by atoms with van der Waals surface area (Å²) in [4.78, 5) is 23.6. The Labute approximate surface area is 205 Å². The summed E-state index contributed by atoms with van der Waals surface area (Å²) in [6.07, 6.45) is 6.98. The molecule has 1 aromatic carbocycles. The molecule has 0 unspecified atom stereocenters. The van der Waals surface area contributed by atoms with Crippen molar-refractivity contribution in [3.8, 4) is 5.75 Å². The van der Waals surface area contributed by atoms with E-state index in [1.165, 1.54) is 0 Å². The first kappa shape index (κ1) is 24.7. The molecule has 3 heterocycles. The number of halogens is 1. The summed E-state index contributed by atoms with van der Waals surface area (Å²) in [5.41, 5.74) is 2.35. The molecule has 0 spiro atoms. The molecule has 0 radical (unpaired) electrons. The fourth-order valence-corrected chi connectivity index (χ4v) is 4.84. The smallest absolute Gasteiger partial charge is 0.252 e. The number of anilines is 1. The number of hydrogen-bond acceptors (Lipinski definition) is 7. The van der Waals surface area contributed by atoms with Crippen molar-refractivity contribution in [2.24, 2.45) is 5.92 Å². The number of nitrogens with one attached hydrogen (secondary N) is 1. The number of carbonyl (C=O) groups is 1. The Morgan fingerprint density at radius 2 is 1.88 bits per heavy atom. The molecule has 1 amide bonds. The Morgan fingerprint density at radius 1 is 1.21 bits per heavy atom. The van der Waals surface area contributed by atoms with Crippen LogP contribution in [0.15, 0.2) is 24.5 Å². The van der Waals surface area contributed by atoms with E-state index in [1.54, 1.807) is 12.4 Å². The second-order valence-corrected chi connectivity index (χ2v) is 9.68. The van der Waals surface area contributed by atoms with Crippen LogP contribution in [-0.2, 0) is 4.74 Å². The Hall–Kier alpha value is -2.42. The highest BCUT2D eigenvalue weighted by Gasteiger charge is 2.28. The van der Waals surface area contributed by atoms with Crippen LogP contribution in [0.1, 0.15) is 47.2 Å². The maximum Gasteiger partial charge on any atom is 0.252 e. The van der Waals surface area contributed by atoms with E-state index >= 15 is 0 Å². The van der Waals surface area contributed by atoms with Crippen molar-refractivity contribution in [3.63, 3.8) is 0 Å². The monoisotopic (exact) mass is 488 g/mol. The number of amides is 1. The standard InChI is InChI=1S/C25H33ClN4O4/c1-16-10-20(11-17(2)23(16)24(32)29-21-14-33-15-22(21)31)34-9-3-4-18-5-7-30(8-6-18)25-27-12-19(26)13-28-25/h10-13,18,21-22,31H,3-9,14-15H2,1-2H3,(H,29,32)/t21-,22-/m0/s1. The quantitative estimate of drug-likeness (QED) is 0.550. The maximum absolute atomic E-state index is 12.7. The number of aliphatic hydroxyl groups excluding tert-OH is 1. The first-order chi connectivity index (χ1) is 16.4. The van der Waals surface area contributed by atoms with Crippen molar-refractivity contribution >= 4 is 23.5 Å². The number of aliphatic hydroxyl groups is 1. The molecule has 2 fully saturated rings. The first-order valence-corrected chi connectivity index (χ1v) is 12.3. The van der Waals surface area contributed by atoms with E-state index < -0.39 is 6.10 Å². The largest absolute Gasteiger partial charge is 0.494 e. The highest BCUT2D eigenvalue weighted by atomic mass is 35.5. The normalized spacial score (nSPS) is 21.0. The number of aromatic nitrogens is 2. The summed E-state index contributed by atoms with van der Waals surface area (Å²) in [5.74, 6) is 2.02. The van der Waals surface area contributed by atoms with Gasteiger partial charge >= 0.3 is 0 Å². The molecule has 34 heavy (non-hydrogen) atoms. The number of benzene rings is 1. The molecular weight excluding hydrogens is 456 g/mol. The van der Waals surface area contributed by atoms with E-state index in [4.69, 9.17) is 21.1 Å². The molecule has 0 aliphatic carbocycles. The van der Waals surface area contributed by atoms with Crippen LogP contribution < -0.4 is 15.0 Å². The number of carbonyl (C=O) groups excluding carboxylic acids is 1. The summed E-state index contributed by atoms with van der Waals surface area (Å²) < 4.78 is 11.2. The van der Waals surface area contributed by atoms with Crippen LogP contribution >= 0.6 is 11.6 Å². The van der Waals surface area contributed by atoms with Crippen LogP contribution in [0.3, 0.4) is 0 Å². The molecule has 2 aliphatic heterocycles. The van der Waals surface area contributed by atoms with Gasteiger partial charge in [0.25, 0.3) is 5.91 Å². The lowest BCUT2D eigenvalue weighted by Gasteiger charge is -2.32. The predicted molar refractivity (Wildman–Crippen MR) is 131 cm³/mol. The minimum Gasteiger partial charge on any atom is -0.494 e. The average molecular weight is 489 g/mol. The molecule has 1 aromatic heterocycles. The summed E-state index contributed by atoms with van der Waals surface area (Å²) in [7, 11) is 0. The number of hydrogen-bond donors (Lipinski definition) is 2. The highest BCUT2D eigenvalue weighted by Crippen LogP contribution is 2.26. The summed E-state index contributed by atoms with van der Waals surface area (Å²) in [6, 6.07) is 3.45. The van der Waals surface area contributed by atoms with Crippen LogP contribution in [0.2, 0.25) is 5.02 Å².